The van der Waals surface area contributed by atoms with Gasteiger partial charge < -0.3 is 9.22 Å². The molecule has 0 aromatic heterocycles. The molecule has 2 bridgehead atoms. The first-order valence-electron chi connectivity index (χ1n) is 13.0. The zero-order valence-electron chi connectivity index (χ0n) is 20.8. The molecule has 3 aromatic carbocycles. The molecule has 3 saturated heterocycles. The van der Waals surface area contributed by atoms with Gasteiger partial charge in [0, 0.05) is 25.2 Å². The zero-order valence-corrected chi connectivity index (χ0v) is 20.8. The van der Waals surface area contributed by atoms with E-state index in [0.29, 0.717) is 5.56 Å². The number of halogens is 3. The Balaban J connectivity index is 1.29. The lowest BCUT2D eigenvalue weighted by atomic mass is 9.83. The summed E-state index contributed by atoms with van der Waals surface area (Å²) in [6.07, 6.45) is 3.14. The number of hydrogen-bond acceptors (Lipinski definition) is 2. The van der Waals surface area contributed by atoms with Gasteiger partial charge in [0.25, 0.3) is 0 Å². The number of carbonyl (C=O) groups excluding carboxylic acids is 1. The van der Waals surface area contributed by atoms with Crippen LogP contribution in [-0.2, 0) is 17.7 Å². The maximum Gasteiger partial charge on any atom is 0.415 e. The molecule has 4 nitrogen and oxygen atoms in total. The van der Waals surface area contributed by atoms with E-state index in [2.05, 4.69) is 24.3 Å². The fourth-order valence-corrected chi connectivity index (χ4v) is 5.86. The minimum Gasteiger partial charge on any atom is -0.440 e. The highest BCUT2D eigenvalue weighted by molar-refractivity contribution is 5.87. The molecule has 3 aliphatic heterocycles. The first kappa shape index (κ1) is 25.3. The van der Waals surface area contributed by atoms with Crippen LogP contribution in [0.25, 0.3) is 0 Å². The van der Waals surface area contributed by atoms with Gasteiger partial charge in [0.2, 0.25) is 0 Å². The predicted molar refractivity (Wildman–Crippen MR) is 136 cm³/mol. The van der Waals surface area contributed by atoms with Crippen LogP contribution < -0.4 is 4.90 Å². The first-order valence-corrected chi connectivity index (χ1v) is 13.0. The van der Waals surface area contributed by atoms with Crippen molar-refractivity contribution in [3.05, 3.63) is 101 Å². The van der Waals surface area contributed by atoms with Crippen molar-refractivity contribution in [2.45, 2.75) is 38.3 Å². The van der Waals surface area contributed by atoms with Gasteiger partial charge in [-0.25, -0.2) is 18.0 Å². The van der Waals surface area contributed by atoms with E-state index in [9.17, 15) is 18.0 Å². The minimum absolute atomic E-state index is 0.0465. The summed E-state index contributed by atoms with van der Waals surface area (Å²) in [7, 11) is 0. The van der Waals surface area contributed by atoms with E-state index in [1.165, 1.54) is 34.7 Å². The molecule has 1 amide bonds. The molecule has 3 aromatic rings. The van der Waals surface area contributed by atoms with Crippen molar-refractivity contribution in [3.8, 4) is 0 Å². The third-order valence-corrected chi connectivity index (χ3v) is 7.92. The van der Waals surface area contributed by atoms with Crippen molar-refractivity contribution in [1.82, 2.24) is 0 Å². The lowest BCUT2D eigenvalue weighted by Crippen LogP contribution is -2.65. The SMILES string of the molecule is O=C(OC1C[N+]2(CCCc3ccccc3)CCC1CC2)N(Cc1ccc(F)c(F)c1)c1ccccc1F. The van der Waals surface area contributed by atoms with E-state index < -0.39 is 23.5 Å². The summed E-state index contributed by atoms with van der Waals surface area (Å²) in [6, 6.07) is 19.8. The van der Waals surface area contributed by atoms with Crippen LogP contribution >= 0.6 is 0 Å². The fraction of sp³-hybridized carbons (Fsp3) is 0.367. The Hall–Kier alpha value is -3.32. The van der Waals surface area contributed by atoms with Gasteiger partial charge >= 0.3 is 6.09 Å². The average Bonchev–Trinajstić information content (AvgIpc) is 2.91. The summed E-state index contributed by atoms with van der Waals surface area (Å²) in [4.78, 5) is 14.6. The Morgan fingerprint density at radius 2 is 1.59 bits per heavy atom. The van der Waals surface area contributed by atoms with Crippen LogP contribution in [-0.4, -0.2) is 42.9 Å². The number of benzene rings is 3. The number of quaternary nitrogens is 1. The number of fused-ring (bicyclic) bond motifs is 3. The summed E-state index contributed by atoms with van der Waals surface area (Å²) in [5.41, 5.74) is 1.72. The van der Waals surface area contributed by atoms with Gasteiger partial charge in [0.05, 0.1) is 31.9 Å². The highest BCUT2D eigenvalue weighted by atomic mass is 19.2. The Morgan fingerprint density at radius 1 is 0.865 bits per heavy atom. The number of amides is 1. The van der Waals surface area contributed by atoms with E-state index in [1.807, 2.05) is 6.07 Å². The molecule has 7 heteroatoms. The molecular weight excluding hydrogens is 477 g/mol. The summed E-state index contributed by atoms with van der Waals surface area (Å²) >= 11 is 0. The Kier molecular flexibility index (Phi) is 7.51. The quantitative estimate of drug-likeness (QED) is 0.325. The molecule has 0 spiro atoms. The van der Waals surface area contributed by atoms with E-state index in [-0.39, 0.29) is 24.3 Å². The molecule has 0 N–H and O–H groups in total. The molecule has 1 atom stereocenters. The molecule has 3 aliphatic rings. The van der Waals surface area contributed by atoms with Crippen LogP contribution in [0.4, 0.5) is 23.7 Å². The monoisotopic (exact) mass is 509 g/mol. The van der Waals surface area contributed by atoms with Crippen LogP contribution in [0.1, 0.15) is 30.4 Å². The molecule has 0 radical (unpaired) electrons. The van der Waals surface area contributed by atoms with Crippen LogP contribution in [0.15, 0.2) is 72.8 Å². The van der Waals surface area contributed by atoms with Crippen molar-refractivity contribution in [1.29, 1.82) is 0 Å². The van der Waals surface area contributed by atoms with Gasteiger partial charge in [-0.15, -0.1) is 0 Å². The van der Waals surface area contributed by atoms with Crippen LogP contribution in [0.3, 0.4) is 0 Å². The first-order chi connectivity index (χ1) is 17.9. The molecule has 194 valence electrons. The normalized spacial score (nSPS) is 22.6. The van der Waals surface area contributed by atoms with E-state index in [1.54, 1.807) is 6.07 Å². The van der Waals surface area contributed by atoms with Crippen molar-refractivity contribution in [3.63, 3.8) is 0 Å². The van der Waals surface area contributed by atoms with E-state index in [0.717, 1.165) is 68.5 Å². The van der Waals surface area contributed by atoms with Crippen LogP contribution in [0.2, 0.25) is 0 Å². The fourth-order valence-electron chi connectivity index (χ4n) is 5.86. The van der Waals surface area contributed by atoms with Gasteiger partial charge in [-0.1, -0.05) is 48.5 Å². The molecule has 37 heavy (non-hydrogen) atoms. The maximum atomic E-state index is 14.7. The number of anilines is 1. The second kappa shape index (κ2) is 11.0. The number of rotatable bonds is 8. The minimum atomic E-state index is -1.02. The summed E-state index contributed by atoms with van der Waals surface area (Å²) in [5.74, 6) is -2.29. The summed E-state index contributed by atoms with van der Waals surface area (Å²) in [6.45, 7) is 3.81. The predicted octanol–water partition coefficient (Wildman–Crippen LogP) is 6.49. The molecule has 3 heterocycles. The Morgan fingerprint density at radius 3 is 2.32 bits per heavy atom. The van der Waals surface area contributed by atoms with Crippen molar-refractivity contribution in [2.24, 2.45) is 5.92 Å². The summed E-state index contributed by atoms with van der Waals surface area (Å²) in [5, 5.41) is 0. The third kappa shape index (κ3) is 5.82. The third-order valence-electron chi connectivity index (χ3n) is 7.92. The van der Waals surface area contributed by atoms with Gasteiger partial charge in [-0.2, -0.15) is 0 Å². The molecule has 0 aliphatic carbocycles. The highest BCUT2D eigenvalue weighted by Gasteiger charge is 2.47. The van der Waals surface area contributed by atoms with Gasteiger partial charge in [-0.05, 0) is 41.8 Å². The van der Waals surface area contributed by atoms with Crippen molar-refractivity contribution < 1.29 is 27.2 Å². The second-order valence-electron chi connectivity index (χ2n) is 10.3. The van der Waals surface area contributed by atoms with Crippen LogP contribution in [0, 0.1) is 23.4 Å². The van der Waals surface area contributed by atoms with Gasteiger partial charge in [0.1, 0.15) is 12.4 Å². The second-order valence-corrected chi connectivity index (χ2v) is 10.3. The molecule has 0 saturated carbocycles. The molecule has 3 fully saturated rings. The van der Waals surface area contributed by atoms with Gasteiger partial charge in [-0.3, -0.25) is 4.90 Å². The standard InChI is InChI=1S/C30H32F3N2O2/c31-25-13-12-23(19-27(25)33)20-34(28-11-5-4-10-26(28)32)30(36)37-29-21-35(17-14-24(29)15-18-35)16-6-9-22-7-2-1-3-8-22/h1-5,7-8,10-13,19,24,29H,6,9,14-18,20-21H2/q+1. The van der Waals surface area contributed by atoms with Crippen molar-refractivity contribution in [2.75, 3.05) is 31.1 Å². The number of piperidine rings is 3. The number of nitrogens with zero attached hydrogens (tertiary/aromatic N) is 2. The van der Waals surface area contributed by atoms with Gasteiger partial charge in [0.15, 0.2) is 17.7 Å². The summed E-state index contributed by atoms with van der Waals surface area (Å²) < 4.78 is 49.0. The Labute approximate surface area is 215 Å². The number of hydrogen-bond donors (Lipinski definition) is 0. The molecule has 1 unspecified atom stereocenters. The zero-order chi connectivity index (χ0) is 25.8. The highest BCUT2D eigenvalue weighted by Crippen LogP contribution is 2.36. The van der Waals surface area contributed by atoms with Crippen molar-refractivity contribution >= 4 is 11.8 Å². The maximum absolute atomic E-state index is 14.7. The molecule has 6 rings (SSSR count). The Bertz CT molecular complexity index is 1230. The smallest absolute Gasteiger partial charge is 0.415 e. The largest absolute Gasteiger partial charge is 0.440 e. The topological polar surface area (TPSA) is 29.5 Å². The number of aryl methyl sites for hydroxylation is 1. The number of para-hydroxylation sites is 1. The van der Waals surface area contributed by atoms with Crippen LogP contribution in [0.5, 0.6) is 0 Å². The molecular formula is C30H32F3N2O2+. The average molecular weight is 510 g/mol. The number of ether oxygens (including phenoxy) is 1. The lowest BCUT2D eigenvalue weighted by Gasteiger charge is -2.52. The lowest BCUT2D eigenvalue weighted by molar-refractivity contribution is -0.946. The van der Waals surface area contributed by atoms with E-state index >= 15 is 0 Å². The van der Waals surface area contributed by atoms with E-state index in [4.69, 9.17) is 4.74 Å². The number of carbonyl (C=O) groups is 1.